The highest BCUT2D eigenvalue weighted by Gasteiger charge is 2.19. The first-order chi connectivity index (χ1) is 35.0. The number of allylic oxidation sites excluding steroid dienone is 18. The van der Waals surface area contributed by atoms with Gasteiger partial charge in [0.05, 0.1) is 0 Å². The maximum Gasteiger partial charge on any atom is 0.306 e. The summed E-state index contributed by atoms with van der Waals surface area (Å²) in [4.78, 5) is 38.2. The van der Waals surface area contributed by atoms with E-state index in [4.69, 9.17) is 14.2 Å². The highest BCUT2D eigenvalue weighted by atomic mass is 16.6. The van der Waals surface area contributed by atoms with E-state index in [9.17, 15) is 14.4 Å². The van der Waals surface area contributed by atoms with Gasteiger partial charge in [-0.2, -0.15) is 0 Å². The predicted molar refractivity (Wildman–Crippen MR) is 307 cm³/mol. The number of carbonyl (C=O) groups is 3. The Morgan fingerprint density at radius 2 is 0.549 bits per heavy atom. The number of rotatable bonds is 52. The first kappa shape index (κ1) is 67.1. The maximum absolute atomic E-state index is 12.9. The molecular weight excluding hydrogens is 877 g/mol. The lowest BCUT2D eigenvalue weighted by Crippen LogP contribution is -2.30. The van der Waals surface area contributed by atoms with E-state index in [0.717, 1.165) is 122 Å². The van der Waals surface area contributed by atoms with Gasteiger partial charge in [-0.3, -0.25) is 14.4 Å². The Balaban J connectivity index is 4.52. The van der Waals surface area contributed by atoms with Crippen LogP contribution in [0.4, 0.5) is 0 Å². The molecule has 0 aliphatic heterocycles. The second-order valence-corrected chi connectivity index (χ2v) is 19.2. The van der Waals surface area contributed by atoms with Crippen molar-refractivity contribution >= 4 is 17.9 Å². The highest BCUT2D eigenvalue weighted by molar-refractivity contribution is 5.71. The summed E-state index contributed by atoms with van der Waals surface area (Å²) in [6.45, 7) is 6.45. The third-order valence-electron chi connectivity index (χ3n) is 12.3. The van der Waals surface area contributed by atoms with E-state index in [1.54, 1.807) is 0 Å². The van der Waals surface area contributed by atoms with Gasteiger partial charge in [0.2, 0.25) is 0 Å². The third kappa shape index (κ3) is 56.9. The molecule has 0 amide bonds. The molecule has 0 aromatic carbocycles. The number of ether oxygens (including phenoxy) is 3. The zero-order chi connectivity index (χ0) is 51.4. The Hall–Kier alpha value is -3.93. The summed E-state index contributed by atoms with van der Waals surface area (Å²) in [5, 5.41) is 0. The quantitative estimate of drug-likeness (QED) is 0.0261. The van der Waals surface area contributed by atoms with Crippen molar-refractivity contribution in [1.29, 1.82) is 0 Å². The average Bonchev–Trinajstić information content (AvgIpc) is 3.37. The lowest BCUT2D eigenvalue weighted by atomic mass is 10.0. The van der Waals surface area contributed by atoms with Crippen molar-refractivity contribution < 1.29 is 28.6 Å². The van der Waals surface area contributed by atoms with Crippen LogP contribution in [0.1, 0.15) is 265 Å². The molecule has 0 spiro atoms. The SMILES string of the molecule is CC/C=C\C/C=C\C/C=C\C/C=C\C/C=C\CCCCCC(=O)OC[C@@H](COC(=O)CCCCCCCCCCCCCCCCC)OC(=O)CCCCC/C=C\C/C=C\C/C=C\C/C=C\CCCCC. The van der Waals surface area contributed by atoms with Crippen LogP contribution < -0.4 is 0 Å². The number of hydrogen-bond acceptors (Lipinski definition) is 6. The Morgan fingerprint density at radius 3 is 0.887 bits per heavy atom. The fourth-order valence-corrected chi connectivity index (χ4v) is 7.86. The van der Waals surface area contributed by atoms with Gasteiger partial charge in [0.25, 0.3) is 0 Å². The van der Waals surface area contributed by atoms with Gasteiger partial charge >= 0.3 is 17.9 Å². The monoisotopic (exact) mass is 985 g/mol. The molecule has 0 bridgehead atoms. The van der Waals surface area contributed by atoms with Crippen LogP contribution in [0.5, 0.6) is 0 Å². The first-order valence-electron chi connectivity index (χ1n) is 29.4. The minimum Gasteiger partial charge on any atom is -0.462 e. The zero-order valence-corrected chi connectivity index (χ0v) is 46.2. The van der Waals surface area contributed by atoms with Crippen LogP contribution in [-0.2, 0) is 28.6 Å². The first-order valence-corrected chi connectivity index (χ1v) is 29.4. The maximum atomic E-state index is 12.9. The number of carbonyl (C=O) groups excluding carboxylic acids is 3. The van der Waals surface area contributed by atoms with Crippen molar-refractivity contribution in [3.8, 4) is 0 Å². The summed E-state index contributed by atoms with van der Waals surface area (Å²) in [6.07, 6.45) is 79.3. The molecule has 0 aromatic rings. The fraction of sp³-hybridized carbons (Fsp3) is 0.677. The van der Waals surface area contributed by atoms with Crippen molar-refractivity contribution in [2.45, 2.75) is 271 Å². The molecule has 6 nitrogen and oxygen atoms in total. The van der Waals surface area contributed by atoms with Crippen LogP contribution in [-0.4, -0.2) is 37.2 Å². The Labute approximate surface area is 438 Å². The van der Waals surface area contributed by atoms with E-state index in [1.807, 2.05) is 0 Å². The van der Waals surface area contributed by atoms with Crippen molar-refractivity contribution in [1.82, 2.24) is 0 Å². The molecule has 404 valence electrons. The molecule has 0 saturated carbocycles. The van der Waals surface area contributed by atoms with Crippen LogP contribution in [0, 0.1) is 0 Å². The molecule has 0 unspecified atom stereocenters. The van der Waals surface area contributed by atoms with E-state index in [-0.39, 0.29) is 37.5 Å². The molecule has 0 aliphatic rings. The lowest BCUT2D eigenvalue weighted by Gasteiger charge is -2.18. The van der Waals surface area contributed by atoms with Crippen molar-refractivity contribution in [2.75, 3.05) is 13.2 Å². The third-order valence-corrected chi connectivity index (χ3v) is 12.3. The smallest absolute Gasteiger partial charge is 0.306 e. The van der Waals surface area contributed by atoms with Gasteiger partial charge in [0, 0.05) is 19.3 Å². The van der Waals surface area contributed by atoms with Gasteiger partial charge in [-0.1, -0.05) is 246 Å². The van der Waals surface area contributed by atoms with Gasteiger partial charge < -0.3 is 14.2 Å². The van der Waals surface area contributed by atoms with E-state index < -0.39 is 6.10 Å². The zero-order valence-electron chi connectivity index (χ0n) is 46.2. The van der Waals surface area contributed by atoms with Crippen LogP contribution in [0.3, 0.4) is 0 Å². The molecule has 0 fully saturated rings. The molecule has 0 radical (unpaired) electrons. The fourth-order valence-electron chi connectivity index (χ4n) is 7.86. The lowest BCUT2D eigenvalue weighted by molar-refractivity contribution is -0.167. The topological polar surface area (TPSA) is 78.9 Å². The Kier molecular flexibility index (Phi) is 55.4. The van der Waals surface area contributed by atoms with Crippen molar-refractivity contribution in [3.05, 3.63) is 109 Å². The van der Waals surface area contributed by atoms with Gasteiger partial charge in [-0.25, -0.2) is 0 Å². The van der Waals surface area contributed by atoms with Crippen molar-refractivity contribution in [2.24, 2.45) is 0 Å². The Morgan fingerprint density at radius 1 is 0.296 bits per heavy atom. The predicted octanol–water partition coefficient (Wildman–Crippen LogP) is 19.9. The van der Waals surface area contributed by atoms with E-state index >= 15 is 0 Å². The highest BCUT2D eigenvalue weighted by Crippen LogP contribution is 2.15. The molecular formula is C65H108O6. The van der Waals surface area contributed by atoms with Gasteiger partial charge in [-0.05, 0) is 109 Å². The van der Waals surface area contributed by atoms with E-state index in [0.29, 0.717) is 12.8 Å². The number of esters is 3. The molecule has 0 aromatic heterocycles. The van der Waals surface area contributed by atoms with Gasteiger partial charge in [-0.15, -0.1) is 0 Å². The van der Waals surface area contributed by atoms with Crippen LogP contribution in [0.25, 0.3) is 0 Å². The summed E-state index contributed by atoms with van der Waals surface area (Å²) in [6, 6.07) is 0. The van der Waals surface area contributed by atoms with Gasteiger partial charge in [0.1, 0.15) is 13.2 Å². The van der Waals surface area contributed by atoms with Gasteiger partial charge in [0.15, 0.2) is 6.10 Å². The Bertz CT molecular complexity index is 1460. The molecule has 0 saturated heterocycles. The second kappa shape index (κ2) is 58.6. The van der Waals surface area contributed by atoms with E-state index in [1.165, 1.54) is 103 Å². The van der Waals surface area contributed by atoms with Crippen LogP contribution in [0.15, 0.2) is 109 Å². The molecule has 71 heavy (non-hydrogen) atoms. The molecule has 0 N–H and O–H groups in total. The summed E-state index contributed by atoms with van der Waals surface area (Å²) in [5.74, 6) is -0.962. The molecule has 6 heteroatoms. The summed E-state index contributed by atoms with van der Waals surface area (Å²) in [5.41, 5.74) is 0. The molecule has 1 atom stereocenters. The molecule has 0 heterocycles. The summed E-state index contributed by atoms with van der Waals surface area (Å²) in [7, 11) is 0. The van der Waals surface area contributed by atoms with Crippen LogP contribution >= 0.6 is 0 Å². The van der Waals surface area contributed by atoms with E-state index in [2.05, 4.69) is 130 Å². The molecule has 0 rings (SSSR count). The molecule has 0 aliphatic carbocycles. The largest absolute Gasteiger partial charge is 0.462 e. The average molecular weight is 986 g/mol. The minimum absolute atomic E-state index is 0.101. The standard InChI is InChI=1S/C65H108O6/c1-4-7-10-13-16-19-22-25-28-30-32-34-37-40-43-46-49-52-55-58-64(67)70-61-62(60-69-63(66)57-54-51-48-45-42-39-36-27-24-21-18-15-12-9-6-3)71-65(68)59-56-53-50-47-44-41-38-35-33-31-29-26-23-20-17-14-11-8-5-2/h7,10,16-17,19-20,25-26,28-29,32-35,40-41,43-44,62H,4-6,8-9,11-15,18,21-24,27,30-31,36-39,42,45-61H2,1-3H3/b10-7-,19-16-,20-17-,28-25-,29-26-,34-32-,35-33-,43-40-,44-41-/t62-/m1/s1. The summed E-state index contributed by atoms with van der Waals surface area (Å²) >= 11 is 0. The number of unbranched alkanes of at least 4 members (excludes halogenated alkanes) is 23. The van der Waals surface area contributed by atoms with Crippen LogP contribution in [0.2, 0.25) is 0 Å². The van der Waals surface area contributed by atoms with Crippen molar-refractivity contribution in [3.63, 3.8) is 0 Å². The minimum atomic E-state index is -0.810. The normalized spacial score (nSPS) is 12.9. The summed E-state index contributed by atoms with van der Waals surface area (Å²) < 4.78 is 16.8. The number of hydrogen-bond donors (Lipinski definition) is 0. The second-order valence-electron chi connectivity index (χ2n) is 19.2.